The highest BCUT2D eigenvalue weighted by molar-refractivity contribution is 8.15. The topological polar surface area (TPSA) is 104 Å². The summed E-state index contributed by atoms with van der Waals surface area (Å²) in [6, 6.07) is 10.2. The summed E-state index contributed by atoms with van der Waals surface area (Å²) in [7, 11) is 0. The molecule has 0 bridgehead atoms. The van der Waals surface area contributed by atoms with Gasteiger partial charge < -0.3 is 15.5 Å². The molecule has 1 aromatic carbocycles. The summed E-state index contributed by atoms with van der Waals surface area (Å²) in [6.07, 6.45) is 1.69. The predicted molar refractivity (Wildman–Crippen MR) is 123 cm³/mol. The normalized spacial score (nSPS) is 15.4. The quantitative estimate of drug-likeness (QED) is 0.686. The summed E-state index contributed by atoms with van der Waals surface area (Å²) >= 11 is 1.32. The number of carbonyl (C=O) groups excluding carboxylic acids is 3. The third-order valence-corrected chi connectivity index (χ3v) is 5.91. The number of pyridine rings is 1. The SMILES string of the molecule is CCN(CC)C1=NC(=O)[C@@H](CC(=O)Nc2cccc(C(=O)Nc3ccc(C)cn3)c2)S1. The number of nitrogens with one attached hydrogen (secondary N) is 2. The van der Waals surface area contributed by atoms with E-state index in [1.807, 2.05) is 31.7 Å². The van der Waals surface area contributed by atoms with Crippen molar-refractivity contribution < 1.29 is 14.4 Å². The third kappa shape index (κ3) is 5.91. The van der Waals surface area contributed by atoms with E-state index in [4.69, 9.17) is 0 Å². The molecule has 162 valence electrons. The summed E-state index contributed by atoms with van der Waals surface area (Å²) < 4.78 is 0. The van der Waals surface area contributed by atoms with Gasteiger partial charge in [0.25, 0.3) is 11.8 Å². The van der Waals surface area contributed by atoms with Crippen molar-refractivity contribution in [2.75, 3.05) is 23.7 Å². The number of carbonyl (C=O) groups is 3. The maximum Gasteiger partial charge on any atom is 0.262 e. The highest BCUT2D eigenvalue weighted by Gasteiger charge is 2.32. The fourth-order valence-corrected chi connectivity index (χ4v) is 4.18. The van der Waals surface area contributed by atoms with Crippen LogP contribution < -0.4 is 10.6 Å². The standard InChI is InChI=1S/C22H25N5O3S/c1-4-27(5-2)22-26-21(30)17(31-22)12-19(28)24-16-8-6-7-15(11-16)20(29)25-18-10-9-14(3)13-23-18/h6-11,13,17H,4-5,12H2,1-3H3,(H,24,28)(H,23,25,29)/t17-/m1/s1. The van der Waals surface area contributed by atoms with Gasteiger partial charge in [0, 0.05) is 37.0 Å². The lowest BCUT2D eigenvalue weighted by atomic mass is 10.1. The maximum atomic E-state index is 12.5. The highest BCUT2D eigenvalue weighted by Crippen LogP contribution is 2.27. The molecule has 9 heteroatoms. The number of thioether (sulfide) groups is 1. The Morgan fingerprint density at radius 2 is 1.90 bits per heavy atom. The van der Waals surface area contributed by atoms with Crippen molar-refractivity contribution in [1.82, 2.24) is 9.88 Å². The Morgan fingerprint density at radius 3 is 2.58 bits per heavy atom. The molecule has 0 spiro atoms. The van der Waals surface area contributed by atoms with Gasteiger partial charge in [-0.1, -0.05) is 23.9 Å². The van der Waals surface area contributed by atoms with Crippen molar-refractivity contribution in [3.8, 4) is 0 Å². The second-order valence-corrected chi connectivity index (χ2v) is 8.19. The molecule has 2 aromatic rings. The average molecular weight is 440 g/mol. The number of hydrogen-bond acceptors (Lipinski definition) is 6. The summed E-state index contributed by atoms with van der Waals surface area (Å²) in [4.78, 5) is 47.4. The van der Waals surface area contributed by atoms with Gasteiger partial charge in [0.15, 0.2) is 5.17 Å². The molecule has 0 unspecified atom stereocenters. The Kier molecular flexibility index (Phi) is 7.41. The number of benzene rings is 1. The van der Waals surface area contributed by atoms with E-state index >= 15 is 0 Å². The summed E-state index contributed by atoms with van der Waals surface area (Å²) in [5.74, 6) is -0.475. The molecule has 0 aliphatic carbocycles. The molecule has 3 rings (SSSR count). The third-order valence-electron chi connectivity index (χ3n) is 4.70. The van der Waals surface area contributed by atoms with Gasteiger partial charge in [-0.05, 0) is 50.6 Å². The van der Waals surface area contributed by atoms with E-state index in [-0.39, 0.29) is 24.1 Å². The van der Waals surface area contributed by atoms with Gasteiger partial charge in [-0.25, -0.2) is 4.98 Å². The van der Waals surface area contributed by atoms with Gasteiger partial charge in [-0.3, -0.25) is 14.4 Å². The van der Waals surface area contributed by atoms with E-state index in [9.17, 15) is 14.4 Å². The van der Waals surface area contributed by atoms with Gasteiger partial charge in [0.1, 0.15) is 11.1 Å². The molecule has 1 aliphatic heterocycles. The first-order chi connectivity index (χ1) is 14.9. The monoisotopic (exact) mass is 439 g/mol. The minimum absolute atomic E-state index is 0.0154. The molecule has 0 saturated carbocycles. The Bertz CT molecular complexity index is 1000. The number of amidine groups is 1. The van der Waals surface area contributed by atoms with Crippen LogP contribution in [0.3, 0.4) is 0 Å². The van der Waals surface area contributed by atoms with Gasteiger partial charge in [-0.15, -0.1) is 0 Å². The number of aromatic nitrogens is 1. The number of anilines is 2. The van der Waals surface area contributed by atoms with E-state index in [0.717, 1.165) is 18.7 Å². The fourth-order valence-electron chi connectivity index (χ4n) is 2.99. The molecule has 0 radical (unpaired) electrons. The minimum Gasteiger partial charge on any atom is -0.352 e. The smallest absolute Gasteiger partial charge is 0.262 e. The van der Waals surface area contributed by atoms with Crippen LogP contribution in [0, 0.1) is 6.92 Å². The van der Waals surface area contributed by atoms with Gasteiger partial charge in [0.2, 0.25) is 5.91 Å². The van der Waals surface area contributed by atoms with Crippen LogP contribution >= 0.6 is 11.8 Å². The Hall–Kier alpha value is -3.20. The number of aryl methyl sites for hydroxylation is 1. The summed E-state index contributed by atoms with van der Waals surface area (Å²) in [5.41, 5.74) is 1.87. The highest BCUT2D eigenvalue weighted by atomic mass is 32.2. The molecule has 1 aromatic heterocycles. The maximum absolute atomic E-state index is 12.5. The number of aliphatic imine (C=N–C) groups is 1. The van der Waals surface area contributed by atoms with E-state index in [0.29, 0.717) is 22.2 Å². The molecule has 0 saturated heterocycles. The molecule has 1 aliphatic rings. The van der Waals surface area contributed by atoms with E-state index in [1.54, 1.807) is 36.5 Å². The van der Waals surface area contributed by atoms with E-state index in [1.165, 1.54) is 11.8 Å². The fraction of sp³-hybridized carbons (Fsp3) is 0.318. The van der Waals surface area contributed by atoms with Gasteiger partial charge >= 0.3 is 0 Å². The molecule has 2 heterocycles. The predicted octanol–water partition coefficient (Wildman–Crippen LogP) is 3.31. The Balaban J connectivity index is 1.58. The van der Waals surface area contributed by atoms with Crippen molar-refractivity contribution in [2.24, 2.45) is 4.99 Å². The van der Waals surface area contributed by atoms with Crippen molar-refractivity contribution >= 4 is 46.2 Å². The van der Waals surface area contributed by atoms with Crippen molar-refractivity contribution in [1.29, 1.82) is 0 Å². The van der Waals surface area contributed by atoms with Gasteiger partial charge in [0.05, 0.1) is 0 Å². The molecule has 2 N–H and O–H groups in total. The molecular weight excluding hydrogens is 414 g/mol. The minimum atomic E-state index is -0.533. The Labute approximate surface area is 185 Å². The van der Waals surface area contributed by atoms with Crippen molar-refractivity contribution in [2.45, 2.75) is 32.4 Å². The molecule has 3 amide bonds. The molecular formula is C22H25N5O3S. The second kappa shape index (κ2) is 10.2. The van der Waals surface area contributed by atoms with E-state index < -0.39 is 5.25 Å². The van der Waals surface area contributed by atoms with E-state index in [2.05, 4.69) is 20.6 Å². The number of hydrogen-bond donors (Lipinski definition) is 2. The van der Waals surface area contributed by atoms with Crippen molar-refractivity contribution in [3.05, 3.63) is 53.7 Å². The molecule has 0 fully saturated rings. The zero-order chi connectivity index (χ0) is 22.4. The lowest BCUT2D eigenvalue weighted by Crippen LogP contribution is -2.27. The van der Waals surface area contributed by atoms with Crippen LogP contribution in [-0.4, -0.2) is 51.1 Å². The average Bonchev–Trinajstić information content (AvgIpc) is 3.10. The number of amides is 3. The number of nitrogens with zero attached hydrogens (tertiary/aromatic N) is 3. The Morgan fingerprint density at radius 1 is 1.13 bits per heavy atom. The van der Waals surface area contributed by atoms with Crippen LogP contribution in [0.1, 0.15) is 36.2 Å². The van der Waals surface area contributed by atoms with Crippen LogP contribution in [0.5, 0.6) is 0 Å². The van der Waals surface area contributed by atoms with Crippen molar-refractivity contribution in [3.63, 3.8) is 0 Å². The lowest BCUT2D eigenvalue weighted by molar-refractivity contribution is -0.121. The molecule has 8 nitrogen and oxygen atoms in total. The van der Waals surface area contributed by atoms with Crippen LogP contribution in [0.2, 0.25) is 0 Å². The first-order valence-corrected chi connectivity index (χ1v) is 11.0. The lowest BCUT2D eigenvalue weighted by Gasteiger charge is -2.19. The largest absolute Gasteiger partial charge is 0.352 e. The van der Waals surface area contributed by atoms with Crippen LogP contribution in [-0.2, 0) is 9.59 Å². The molecule has 1 atom stereocenters. The summed E-state index contributed by atoms with van der Waals surface area (Å²) in [5, 5.41) is 5.62. The second-order valence-electron chi connectivity index (χ2n) is 7.02. The zero-order valence-electron chi connectivity index (χ0n) is 17.7. The van der Waals surface area contributed by atoms with Crippen LogP contribution in [0.25, 0.3) is 0 Å². The summed E-state index contributed by atoms with van der Waals surface area (Å²) in [6.45, 7) is 7.41. The first kappa shape index (κ1) is 22.5. The van der Waals surface area contributed by atoms with Crippen LogP contribution in [0.15, 0.2) is 47.6 Å². The number of rotatable bonds is 7. The van der Waals surface area contributed by atoms with Gasteiger partial charge in [-0.2, -0.15) is 4.99 Å². The first-order valence-electron chi connectivity index (χ1n) is 10.1. The zero-order valence-corrected chi connectivity index (χ0v) is 18.5. The van der Waals surface area contributed by atoms with Crippen LogP contribution in [0.4, 0.5) is 11.5 Å². The molecule has 31 heavy (non-hydrogen) atoms.